The molecule has 12 bridgehead atoms. The Kier molecular flexibility index (Phi) is 5.35. The van der Waals surface area contributed by atoms with Crippen molar-refractivity contribution in [1.29, 1.82) is 0 Å². The first-order valence-corrected chi connectivity index (χ1v) is 18.0. The van der Waals surface area contributed by atoms with Crippen LogP contribution in [0.5, 0.6) is 0 Å². The molecule has 12 rings (SSSR count). The smallest absolute Gasteiger partial charge is 0.0379 e. The number of allylic oxidation sites excluding steroid dienone is 4. The van der Waals surface area contributed by atoms with Gasteiger partial charge in [0.2, 0.25) is 0 Å². The first-order chi connectivity index (χ1) is 19.1. The van der Waals surface area contributed by atoms with Crippen LogP contribution in [0, 0.1) is 58.2 Å². The summed E-state index contributed by atoms with van der Waals surface area (Å²) in [6, 6.07) is 0. The summed E-state index contributed by atoms with van der Waals surface area (Å²) in [6.45, 7) is 9.90. The van der Waals surface area contributed by atoms with Crippen LogP contribution in [0.2, 0.25) is 0 Å². The van der Waals surface area contributed by atoms with E-state index in [9.17, 15) is 0 Å². The predicted molar refractivity (Wildman–Crippen MR) is 164 cm³/mol. The second-order valence-corrected chi connectivity index (χ2v) is 18.9. The van der Waals surface area contributed by atoms with E-state index < -0.39 is 0 Å². The Hall–Kier alpha value is -0.920. The van der Waals surface area contributed by atoms with Gasteiger partial charge in [-0.15, -0.1) is 0 Å². The van der Waals surface area contributed by atoms with Crippen molar-refractivity contribution in [3.63, 3.8) is 0 Å². The van der Waals surface area contributed by atoms with E-state index in [0.29, 0.717) is 21.9 Å². The fourth-order valence-electron chi connectivity index (χ4n) is 15.5. The highest BCUT2D eigenvalue weighted by Crippen LogP contribution is 2.70. The fourth-order valence-corrected chi connectivity index (χ4v) is 15.5. The monoisotopic (exact) mass is 542 g/mol. The summed E-state index contributed by atoms with van der Waals surface area (Å²) in [7, 11) is 0. The van der Waals surface area contributed by atoms with Gasteiger partial charge in [0.05, 0.1) is 0 Å². The van der Waals surface area contributed by atoms with Gasteiger partial charge in [0, 0.05) is 33.3 Å². The van der Waals surface area contributed by atoms with Gasteiger partial charge in [-0.05, 0) is 191 Å². The molecule has 0 aromatic rings. The van der Waals surface area contributed by atoms with Crippen molar-refractivity contribution in [2.75, 3.05) is 0 Å². The number of hydrogen-bond acceptors (Lipinski definition) is 2. The third-order valence-corrected chi connectivity index (χ3v) is 15.0. The normalized spacial score (nSPS) is 54.1. The molecule has 0 unspecified atom stereocenters. The van der Waals surface area contributed by atoms with E-state index in [0.717, 1.165) is 47.3 Å². The highest BCUT2D eigenvalue weighted by molar-refractivity contribution is 5.34. The molecule has 40 heavy (non-hydrogen) atoms. The van der Waals surface area contributed by atoms with Crippen LogP contribution in [0.1, 0.15) is 143 Å². The Morgan fingerprint density at radius 1 is 0.400 bits per heavy atom. The molecule has 2 heteroatoms. The number of hydrogen-bond donors (Lipinski definition) is 2. The van der Waals surface area contributed by atoms with Crippen LogP contribution in [0.3, 0.4) is 0 Å². The van der Waals surface area contributed by atoms with Crippen LogP contribution >= 0.6 is 0 Å². The first kappa shape index (κ1) is 25.6. The van der Waals surface area contributed by atoms with Gasteiger partial charge in [-0.1, -0.05) is 11.1 Å². The lowest BCUT2D eigenvalue weighted by atomic mass is 9.42. The molecular weight excluding hydrogens is 484 g/mol. The third kappa shape index (κ3) is 3.77. The van der Waals surface area contributed by atoms with Gasteiger partial charge >= 0.3 is 0 Å². The van der Waals surface area contributed by atoms with Crippen LogP contribution in [0.4, 0.5) is 0 Å². The Morgan fingerprint density at radius 2 is 0.675 bits per heavy atom. The van der Waals surface area contributed by atoms with E-state index in [4.69, 9.17) is 0 Å². The van der Waals surface area contributed by atoms with Gasteiger partial charge in [-0.3, -0.25) is 0 Å². The zero-order valence-corrected chi connectivity index (χ0v) is 26.3. The molecule has 12 aliphatic carbocycles. The molecule has 2 N–H and O–H groups in total. The summed E-state index contributed by atoms with van der Waals surface area (Å²) in [4.78, 5) is 0. The number of nitrogens with one attached hydrogen (secondary N) is 2. The lowest BCUT2D eigenvalue weighted by Crippen LogP contribution is -2.63. The summed E-state index contributed by atoms with van der Waals surface area (Å²) in [5.41, 5.74) is 8.42. The van der Waals surface area contributed by atoms with Crippen LogP contribution in [0.25, 0.3) is 0 Å². The largest absolute Gasteiger partial charge is 0.382 e. The lowest BCUT2D eigenvalue weighted by Gasteiger charge is -2.66. The SMILES string of the molecule is CC(C)=C(NC12CC3CC(CC(C3)C1)C2)C12CC3CC(C1)CC(C(NC14CC5CC(CC(C5)C1)C4)=C(C)C)(C3)C2. The molecule has 12 saturated carbocycles. The molecule has 12 aliphatic rings. The van der Waals surface area contributed by atoms with Crippen LogP contribution in [0.15, 0.2) is 22.5 Å². The molecule has 0 amide bonds. The van der Waals surface area contributed by atoms with Crippen molar-refractivity contribution in [1.82, 2.24) is 10.6 Å². The van der Waals surface area contributed by atoms with E-state index in [1.807, 2.05) is 0 Å². The van der Waals surface area contributed by atoms with E-state index in [1.165, 1.54) is 77.0 Å². The fraction of sp³-hybridized carbons (Fsp3) is 0.895. The van der Waals surface area contributed by atoms with E-state index in [2.05, 4.69) is 38.3 Å². The maximum atomic E-state index is 4.57. The molecule has 0 saturated heterocycles. The van der Waals surface area contributed by atoms with Gasteiger partial charge in [0.15, 0.2) is 0 Å². The molecule has 2 nitrogen and oxygen atoms in total. The average Bonchev–Trinajstić information content (AvgIpc) is 2.83. The Balaban J connectivity index is 1.05. The van der Waals surface area contributed by atoms with Crippen LogP contribution in [-0.2, 0) is 0 Å². The minimum Gasteiger partial charge on any atom is -0.382 e. The van der Waals surface area contributed by atoms with E-state index in [-0.39, 0.29) is 0 Å². The molecule has 0 spiro atoms. The number of rotatable bonds is 6. The van der Waals surface area contributed by atoms with Gasteiger partial charge in [0.1, 0.15) is 0 Å². The van der Waals surface area contributed by atoms with Crippen molar-refractivity contribution in [3.05, 3.63) is 22.5 Å². The Morgan fingerprint density at radius 3 is 0.950 bits per heavy atom. The highest BCUT2D eigenvalue weighted by Gasteiger charge is 2.63. The maximum Gasteiger partial charge on any atom is 0.0379 e. The minimum absolute atomic E-state index is 0.399. The quantitative estimate of drug-likeness (QED) is 0.349. The molecule has 0 aromatic heterocycles. The van der Waals surface area contributed by atoms with E-state index in [1.54, 1.807) is 61.1 Å². The van der Waals surface area contributed by atoms with Crippen molar-refractivity contribution in [2.24, 2.45) is 58.2 Å². The summed E-state index contributed by atoms with van der Waals surface area (Å²) < 4.78 is 0. The van der Waals surface area contributed by atoms with Gasteiger partial charge in [-0.2, -0.15) is 0 Å². The molecule has 0 heterocycles. The molecule has 0 aliphatic heterocycles. The van der Waals surface area contributed by atoms with Gasteiger partial charge in [0.25, 0.3) is 0 Å². The Bertz CT molecular complexity index is 973. The molecule has 0 aromatic carbocycles. The minimum atomic E-state index is 0.399. The van der Waals surface area contributed by atoms with Crippen molar-refractivity contribution >= 4 is 0 Å². The highest BCUT2D eigenvalue weighted by atomic mass is 15.1. The topological polar surface area (TPSA) is 24.1 Å². The molecule has 12 fully saturated rings. The molecule has 220 valence electrons. The zero-order valence-electron chi connectivity index (χ0n) is 26.3. The summed E-state index contributed by atoms with van der Waals surface area (Å²) in [5.74, 6) is 7.96. The Labute approximate surface area is 245 Å². The maximum absolute atomic E-state index is 4.57. The lowest BCUT2D eigenvalue weighted by molar-refractivity contribution is -0.0924. The summed E-state index contributed by atoms with van der Waals surface area (Å²) in [6.07, 6.45) is 26.9. The molecule has 0 radical (unpaired) electrons. The van der Waals surface area contributed by atoms with Crippen molar-refractivity contribution in [2.45, 2.75) is 154 Å². The zero-order chi connectivity index (χ0) is 27.1. The third-order valence-electron chi connectivity index (χ3n) is 15.0. The van der Waals surface area contributed by atoms with E-state index >= 15 is 0 Å². The molecular formula is C38H58N2. The summed E-state index contributed by atoms with van der Waals surface area (Å²) >= 11 is 0. The predicted octanol–water partition coefficient (Wildman–Crippen LogP) is 9.28. The van der Waals surface area contributed by atoms with Crippen LogP contribution < -0.4 is 10.6 Å². The second-order valence-electron chi connectivity index (χ2n) is 18.9. The average molecular weight is 543 g/mol. The van der Waals surface area contributed by atoms with Crippen LogP contribution in [-0.4, -0.2) is 11.1 Å². The van der Waals surface area contributed by atoms with Crippen molar-refractivity contribution < 1.29 is 0 Å². The second kappa shape index (κ2) is 8.37. The van der Waals surface area contributed by atoms with Gasteiger partial charge in [-0.25, -0.2) is 0 Å². The van der Waals surface area contributed by atoms with Gasteiger partial charge < -0.3 is 10.6 Å². The van der Waals surface area contributed by atoms with Crippen molar-refractivity contribution in [3.8, 4) is 0 Å². The standard InChI is InChI=1S/C38H58N2/c1-23(2)33(39-37-16-25-5-26(17-37)7-27(6-25)18-37)35-12-31-11-32(13-35)15-36(14-31,22-35)34(24(3)4)40-38-19-28-8-29(20-38)10-30(9-28)21-38/h25-32,39-40H,5-22H2,1-4H3. The summed E-state index contributed by atoms with van der Waals surface area (Å²) in [5, 5.41) is 9.15. The molecule has 0 atom stereocenters. The first-order valence-electron chi connectivity index (χ1n) is 18.0.